The van der Waals surface area contributed by atoms with Crippen molar-refractivity contribution in [2.45, 2.75) is 12.1 Å². The van der Waals surface area contributed by atoms with E-state index < -0.39 is 5.97 Å². The third-order valence-corrected chi connectivity index (χ3v) is 4.43. The Labute approximate surface area is 148 Å². The van der Waals surface area contributed by atoms with Gasteiger partial charge in [0, 0.05) is 13.1 Å². The molecule has 130 valence electrons. The third-order valence-electron chi connectivity index (χ3n) is 3.51. The second-order valence-electron chi connectivity index (χ2n) is 5.29. The number of carboxylic acid groups (broad SMARTS) is 1. The van der Waals surface area contributed by atoms with E-state index in [1.54, 1.807) is 16.4 Å². The molecule has 2 aromatic heterocycles. The highest BCUT2D eigenvalue weighted by Gasteiger charge is 2.21. The van der Waals surface area contributed by atoms with Gasteiger partial charge in [0.2, 0.25) is 0 Å². The Bertz CT molecular complexity index is 918. The zero-order valence-corrected chi connectivity index (χ0v) is 14.8. The molecule has 3 rings (SSSR count). The number of nitrogens with zero attached hydrogens (tertiary/aromatic N) is 5. The van der Waals surface area contributed by atoms with Gasteiger partial charge in [-0.05, 0) is 19.1 Å². The number of aliphatic carboxylic acids is 1. The molecule has 0 radical (unpaired) electrons. The molecule has 3 aromatic rings. The summed E-state index contributed by atoms with van der Waals surface area (Å²) >= 11 is 1.10. The summed E-state index contributed by atoms with van der Waals surface area (Å²) in [6.07, 6.45) is 0. The first-order valence-electron chi connectivity index (χ1n) is 7.45. The summed E-state index contributed by atoms with van der Waals surface area (Å²) < 4.78 is 8.94. The number of methoxy groups -OCH3 is 1. The molecule has 1 N–H and O–H groups in total. The maximum Gasteiger partial charge on any atom is 0.313 e. The Hall–Kier alpha value is -2.81. The van der Waals surface area contributed by atoms with E-state index in [4.69, 9.17) is 9.84 Å². The number of aryl methyl sites for hydroxylation is 2. The average molecular weight is 359 g/mol. The van der Waals surface area contributed by atoms with Gasteiger partial charge in [0.25, 0.3) is 0 Å². The molecule has 0 atom stereocenters. The number of aromatic nitrogens is 5. The van der Waals surface area contributed by atoms with Crippen LogP contribution in [0.5, 0.6) is 5.75 Å². The van der Waals surface area contributed by atoms with Crippen molar-refractivity contribution in [2.75, 3.05) is 12.9 Å². The molecule has 0 bridgehead atoms. The summed E-state index contributed by atoms with van der Waals surface area (Å²) in [5, 5.41) is 22.3. The monoisotopic (exact) mass is 359 g/mol. The Balaban J connectivity index is 2.19. The van der Waals surface area contributed by atoms with E-state index in [9.17, 15) is 4.79 Å². The highest BCUT2D eigenvalue weighted by Crippen LogP contribution is 2.33. The Morgan fingerprint density at radius 3 is 2.72 bits per heavy atom. The number of ether oxygens (including phenoxy) is 1. The molecule has 8 nitrogen and oxygen atoms in total. The SMILES string of the molecule is COc1ccccc1-c1nnc(SCC(=O)O)n1-c1cc(C)nn1C. The number of para-hydroxylation sites is 1. The van der Waals surface area contributed by atoms with Crippen LogP contribution in [0.3, 0.4) is 0 Å². The van der Waals surface area contributed by atoms with Crippen LogP contribution in [0.2, 0.25) is 0 Å². The fraction of sp³-hybridized carbons (Fsp3) is 0.250. The van der Waals surface area contributed by atoms with Crippen molar-refractivity contribution in [3.63, 3.8) is 0 Å². The van der Waals surface area contributed by atoms with Gasteiger partial charge in [0.05, 0.1) is 24.1 Å². The first-order chi connectivity index (χ1) is 12.0. The largest absolute Gasteiger partial charge is 0.496 e. The fourth-order valence-corrected chi connectivity index (χ4v) is 3.17. The normalized spacial score (nSPS) is 10.8. The van der Waals surface area contributed by atoms with Crippen LogP contribution in [0, 0.1) is 6.92 Å². The first kappa shape index (κ1) is 17.0. The van der Waals surface area contributed by atoms with Gasteiger partial charge in [-0.3, -0.25) is 14.0 Å². The van der Waals surface area contributed by atoms with Gasteiger partial charge in [-0.1, -0.05) is 23.9 Å². The quantitative estimate of drug-likeness (QED) is 0.674. The minimum Gasteiger partial charge on any atom is -0.496 e. The Kier molecular flexibility index (Phi) is 4.75. The summed E-state index contributed by atoms with van der Waals surface area (Å²) in [5.41, 5.74) is 1.60. The number of benzene rings is 1. The van der Waals surface area contributed by atoms with Crippen LogP contribution in [0.1, 0.15) is 5.69 Å². The third kappa shape index (κ3) is 3.36. The van der Waals surface area contributed by atoms with Crippen molar-refractivity contribution in [1.82, 2.24) is 24.5 Å². The molecule has 0 saturated carbocycles. The summed E-state index contributed by atoms with van der Waals surface area (Å²) in [4.78, 5) is 11.0. The molecular formula is C16H17N5O3S. The molecule has 25 heavy (non-hydrogen) atoms. The first-order valence-corrected chi connectivity index (χ1v) is 8.44. The van der Waals surface area contributed by atoms with Gasteiger partial charge < -0.3 is 9.84 Å². The van der Waals surface area contributed by atoms with Crippen molar-refractivity contribution in [2.24, 2.45) is 7.05 Å². The standard InChI is InChI=1S/C16H17N5O3S/c1-10-8-13(20(2)19-10)21-15(11-6-4-5-7-12(11)24-3)17-18-16(21)25-9-14(22)23/h4-8H,9H2,1-3H3,(H,22,23). The minimum atomic E-state index is -0.917. The highest BCUT2D eigenvalue weighted by atomic mass is 32.2. The molecule has 1 aromatic carbocycles. The fourth-order valence-electron chi connectivity index (χ4n) is 2.51. The van der Waals surface area contributed by atoms with Crippen LogP contribution in [-0.2, 0) is 11.8 Å². The van der Waals surface area contributed by atoms with E-state index in [2.05, 4.69) is 15.3 Å². The zero-order chi connectivity index (χ0) is 18.0. The lowest BCUT2D eigenvalue weighted by Gasteiger charge is -2.12. The smallest absolute Gasteiger partial charge is 0.313 e. The van der Waals surface area contributed by atoms with Crippen molar-refractivity contribution in [3.8, 4) is 23.0 Å². The van der Waals surface area contributed by atoms with Crippen molar-refractivity contribution < 1.29 is 14.6 Å². The van der Waals surface area contributed by atoms with E-state index in [1.165, 1.54) is 0 Å². The molecule has 0 fully saturated rings. The van der Waals surface area contributed by atoms with Crippen LogP contribution in [0.15, 0.2) is 35.5 Å². The van der Waals surface area contributed by atoms with Crippen molar-refractivity contribution in [3.05, 3.63) is 36.0 Å². The lowest BCUT2D eigenvalue weighted by Crippen LogP contribution is -2.08. The van der Waals surface area contributed by atoms with Gasteiger partial charge in [0.1, 0.15) is 11.6 Å². The van der Waals surface area contributed by atoms with E-state index in [-0.39, 0.29) is 5.75 Å². The van der Waals surface area contributed by atoms with Crippen LogP contribution in [0.25, 0.3) is 17.2 Å². The number of hydrogen-bond acceptors (Lipinski definition) is 6. The summed E-state index contributed by atoms with van der Waals surface area (Å²) in [7, 11) is 3.41. The molecule has 0 unspecified atom stereocenters. The Morgan fingerprint density at radius 1 is 1.32 bits per heavy atom. The summed E-state index contributed by atoms with van der Waals surface area (Å²) in [6.45, 7) is 1.89. The summed E-state index contributed by atoms with van der Waals surface area (Å²) in [6, 6.07) is 9.38. The molecule has 2 heterocycles. The molecule has 0 spiro atoms. The molecule has 0 aliphatic rings. The zero-order valence-electron chi connectivity index (χ0n) is 14.0. The Morgan fingerprint density at radius 2 is 2.08 bits per heavy atom. The second kappa shape index (κ2) is 6.98. The molecular weight excluding hydrogens is 342 g/mol. The minimum absolute atomic E-state index is 0.110. The van der Waals surface area contributed by atoms with Crippen LogP contribution >= 0.6 is 11.8 Å². The molecule has 9 heteroatoms. The number of rotatable bonds is 6. The van der Waals surface area contributed by atoms with Crippen molar-refractivity contribution in [1.29, 1.82) is 0 Å². The topological polar surface area (TPSA) is 95.1 Å². The van der Waals surface area contributed by atoms with Gasteiger partial charge in [-0.2, -0.15) is 5.10 Å². The lowest BCUT2D eigenvalue weighted by atomic mass is 10.2. The van der Waals surface area contributed by atoms with Gasteiger partial charge in [0.15, 0.2) is 11.0 Å². The van der Waals surface area contributed by atoms with Crippen LogP contribution < -0.4 is 4.74 Å². The van der Waals surface area contributed by atoms with Crippen LogP contribution in [-0.4, -0.2) is 48.5 Å². The molecule has 0 saturated heterocycles. The van der Waals surface area contributed by atoms with E-state index in [1.807, 2.05) is 44.3 Å². The lowest BCUT2D eigenvalue weighted by molar-refractivity contribution is -0.133. The van der Waals surface area contributed by atoms with Gasteiger partial charge >= 0.3 is 5.97 Å². The predicted molar refractivity (Wildman–Crippen MR) is 93.2 cm³/mol. The number of carbonyl (C=O) groups is 1. The number of carboxylic acids is 1. The van der Waals surface area contributed by atoms with E-state index >= 15 is 0 Å². The average Bonchev–Trinajstić information content (AvgIpc) is 3.15. The number of hydrogen-bond donors (Lipinski definition) is 1. The maximum atomic E-state index is 11.0. The second-order valence-corrected chi connectivity index (χ2v) is 6.23. The highest BCUT2D eigenvalue weighted by molar-refractivity contribution is 7.99. The van der Waals surface area contributed by atoms with Gasteiger partial charge in [-0.25, -0.2) is 0 Å². The van der Waals surface area contributed by atoms with E-state index in [0.717, 1.165) is 28.8 Å². The van der Waals surface area contributed by atoms with Crippen molar-refractivity contribution >= 4 is 17.7 Å². The number of thioether (sulfide) groups is 1. The van der Waals surface area contributed by atoms with Gasteiger partial charge in [-0.15, -0.1) is 10.2 Å². The maximum absolute atomic E-state index is 11.0. The van der Waals surface area contributed by atoms with E-state index in [0.29, 0.717) is 16.7 Å². The predicted octanol–water partition coefficient (Wildman–Crippen LogP) is 2.16. The molecule has 0 aliphatic heterocycles. The molecule has 0 amide bonds. The molecule has 0 aliphatic carbocycles. The van der Waals surface area contributed by atoms with Crippen LogP contribution in [0.4, 0.5) is 0 Å². The summed E-state index contributed by atoms with van der Waals surface area (Å²) in [5.74, 6) is 0.940.